The second kappa shape index (κ2) is 7.37. The van der Waals surface area contributed by atoms with Crippen LogP contribution in [-0.4, -0.2) is 26.6 Å². The third kappa shape index (κ3) is 3.73. The van der Waals surface area contributed by atoms with Gasteiger partial charge in [0.1, 0.15) is 10.6 Å². The van der Waals surface area contributed by atoms with Crippen molar-refractivity contribution in [1.29, 1.82) is 0 Å². The van der Waals surface area contributed by atoms with Crippen LogP contribution < -0.4 is 9.46 Å². The van der Waals surface area contributed by atoms with Crippen LogP contribution >= 0.6 is 0 Å². The van der Waals surface area contributed by atoms with Gasteiger partial charge >= 0.3 is 0 Å². The highest BCUT2D eigenvalue weighted by molar-refractivity contribution is 7.89. The Morgan fingerprint density at radius 3 is 2.56 bits per heavy atom. The number of nitrogens with one attached hydrogen (secondary N) is 2. The summed E-state index contributed by atoms with van der Waals surface area (Å²) in [5.41, 5.74) is 2.72. The molecule has 1 aliphatic rings. The number of hydrogen-bond donors (Lipinski definition) is 2. The van der Waals surface area contributed by atoms with Crippen molar-refractivity contribution in [3.8, 4) is 17.0 Å². The average Bonchev–Trinajstić information content (AvgIpc) is 3.12. The fourth-order valence-electron chi connectivity index (χ4n) is 3.79. The second-order valence-electron chi connectivity index (χ2n) is 7.09. The van der Waals surface area contributed by atoms with Crippen molar-refractivity contribution >= 4 is 20.9 Å². The van der Waals surface area contributed by atoms with Gasteiger partial charge in [-0.05, 0) is 48.7 Å². The highest BCUT2D eigenvalue weighted by Crippen LogP contribution is 2.32. The maximum atomic E-state index is 13.0. The molecule has 0 aliphatic heterocycles. The van der Waals surface area contributed by atoms with E-state index in [1.807, 2.05) is 36.4 Å². The molecule has 27 heavy (non-hydrogen) atoms. The van der Waals surface area contributed by atoms with E-state index in [0.717, 1.165) is 47.8 Å². The molecule has 0 saturated heterocycles. The Kier molecular flexibility index (Phi) is 4.93. The van der Waals surface area contributed by atoms with E-state index < -0.39 is 10.0 Å². The first-order chi connectivity index (χ1) is 13.1. The number of hydrogen-bond acceptors (Lipinski definition) is 3. The molecule has 2 aromatic carbocycles. The molecule has 5 nitrogen and oxygen atoms in total. The smallest absolute Gasteiger partial charge is 0.244 e. The number of aromatic nitrogens is 1. The molecule has 1 fully saturated rings. The minimum atomic E-state index is -3.65. The molecule has 2 N–H and O–H groups in total. The third-order valence-corrected chi connectivity index (χ3v) is 6.76. The van der Waals surface area contributed by atoms with E-state index in [2.05, 4.69) is 9.71 Å². The van der Waals surface area contributed by atoms with E-state index >= 15 is 0 Å². The lowest BCUT2D eigenvalue weighted by Gasteiger charge is -2.23. The van der Waals surface area contributed by atoms with Crippen molar-refractivity contribution in [1.82, 2.24) is 9.71 Å². The second-order valence-corrected chi connectivity index (χ2v) is 8.77. The topological polar surface area (TPSA) is 71.2 Å². The summed E-state index contributed by atoms with van der Waals surface area (Å²) in [6.07, 6.45) is 5.10. The van der Waals surface area contributed by atoms with E-state index in [4.69, 9.17) is 4.74 Å². The highest BCUT2D eigenvalue weighted by atomic mass is 32.2. The van der Waals surface area contributed by atoms with Gasteiger partial charge in [0.15, 0.2) is 0 Å². The van der Waals surface area contributed by atoms with Gasteiger partial charge in [-0.1, -0.05) is 37.5 Å². The van der Waals surface area contributed by atoms with Gasteiger partial charge in [-0.3, -0.25) is 0 Å². The Morgan fingerprint density at radius 2 is 1.81 bits per heavy atom. The molecule has 1 aliphatic carbocycles. The summed E-state index contributed by atoms with van der Waals surface area (Å²) in [5.74, 6) is 0.359. The van der Waals surface area contributed by atoms with Gasteiger partial charge in [0.2, 0.25) is 10.0 Å². The molecule has 142 valence electrons. The van der Waals surface area contributed by atoms with Gasteiger partial charge in [0, 0.05) is 22.6 Å². The fraction of sp³-hybridized carbons (Fsp3) is 0.333. The average molecular weight is 385 g/mol. The van der Waals surface area contributed by atoms with E-state index in [1.54, 1.807) is 12.1 Å². The Bertz CT molecular complexity index is 1020. The summed E-state index contributed by atoms with van der Waals surface area (Å²) in [7, 11) is -2.15. The lowest BCUT2D eigenvalue weighted by Crippen LogP contribution is -2.36. The molecule has 1 saturated carbocycles. The summed E-state index contributed by atoms with van der Waals surface area (Å²) in [6, 6.07) is 15.3. The number of methoxy groups -OCH3 is 1. The maximum Gasteiger partial charge on any atom is 0.244 e. The van der Waals surface area contributed by atoms with Crippen molar-refractivity contribution < 1.29 is 13.2 Å². The Hall–Kier alpha value is -2.31. The van der Waals surface area contributed by atoms with Crippen molar-refractivity contribution in [3.05, 3.63) is 48.5 Å². The van der Waals surface area contributed by atoms with Crippen LogP contribution in [0.4, 0.5) is 0 Å². The van der Waals surface area contributed by atoms with Crippen LogP contribution in [0.5, 0.6) is 5.75 Å². The van der Waals surface area contributed by atoms with Crippen molar-refractivity contribution in [2.45, 2.75) is 43.0 Å². The monoisotopic (exact) mass is 384 g/mol. The van der Waals surface area contributed by atoms with Crippen molar-refractivity contribution in [2.75, 3.05) is 7.11 Å². The Morgan fingerprint density at radius 1 is 1.04 bits per heavy atom. The minimum absolute atomic E-state index is 0.00480. The Balaban J connectivity index is 1.71. The first-order valence-corrected chi connectivity index (χ1v) is 10.8. The van der Waals surface area contributed by atoms with Gasteiger partial charge in [-0.15, -0.1) is 0 Å². The first-order valence-electron chi connectivity index (χ1n) is 9.35. The van der Waals surface area contributed by atoms with Crippen molar-refractivity contribution in [3.63, 3.8) is 0 Å². The molecular weight excluding hydrogens is 360 g/mol. The largest absolute Gasteiger partial charge is 0.495 e. The third-order valence-electron chi connectivity index (χ3n) is 5.22. The number of fused-ring (bicyclic) bond motifs is 1. The molecule has 4 rings (SSSR count). The zero-order chi connectivity index (χ0) is 18.9. The van der Waals surface area contributed by atoms with E-state index in [9.17, 15) is 8.42 Å². The molecular formula is C21H24N2O3S. The summed E-state index contributed by atoms with van der Waals surface area (Å²) in [6.45, 7) is 0. The maximum absolute atomic E-state index is 13.0. The predicted molar refractivity (Wildman–Crippen MR) is 107 cm³/mol. The predicted octanol–water partition coefficient (Wildman–Crippen LogP) is 4.45. The number of para-hydroxylation sites is 1. The SMILES string of the molecule is COc1ccc(-c2cc3ccccc3[nH]2)cc1S(=O)(=O)NC1CCCCC1. The lowest BCUT2D eigenvalue weighted by molar-refractivity contribution is 0.397. The number of benzene rings is 2. The van der Waals surface area contributed by atoms with E-state index in [-0.39, 0.29) is 10.9 Å². The fourth-order valence-corrected chi connectivity index (χ4v) is 5.29. The molecule has 3 aromatic rings. The number of sulfonamides is 1. The molecule has 1 aromatic heterocycles. The van der Waals surface area contributed by atoms with Gasteiger partial charge in [-0.2, -0.15) is 0 Å². The molecule has 0 unspecified atom stereocenters. The Labute approximate surface area is 159 Å². The van der Waals surface area contributed by atoms with Crippen molar-refractivity contribution in [2.24, 2.45) is 0 Å². The first kappa shape index (κ1) is 18.1. The van der Waals surface area contributed by atoms with Crippen LogP contribution in [0.2, 0.25) is 0 Å². The molecule has 1 heterocycles. The highest BCUT2D eigenvalue weighted by Gasteiger charge is 2.25. The number of H-pyrrole nitrogens is 1. The summed E-state index contributed by atoms with van der Waals surface area (Å²) < 4.78 is 34.3. The van der Waals surface area contributed by atoms with Crippen LogP contribution in [0.1, 0.15) is 32.1 Å². The molecule has 0 atom stereocenters. The molecule has 0 amide bonds. The number of aromatic amines is 1. The summed E-state index contributed by atoms with van der Waals surface area (Å²) in [5, 5.41) is 1.09. The summed E-state index contributed by atoms with van der Waals surface area (Å²) in [4.78, 5) is 3.54. The van der Waals surface area contributed by atoms with Gasteiger partial charge < -0.3 is 9.72 Å². The van der Waals surface area contributed by atoms with Gasteiger partial charge in [0.25, 0.3) is 0 Å². The molecule has 0 bridgehead atoms. The molecule has 0 radical (unpaired) electrons. The van der Waals surface area contributed by atoms with Gasteiger partial charge in [0.05, 0.1) is 7.11 Å². The number of ether oxygens (including phenoxy) is 1. The van der Waals surface area contributed by atoms with Crippen LogP contribution in [0.25, 0.3) is 22.2 Å². The standard InChI is InChI=1S/C21H24N2O3S/c1-26-20-12-11-16(19-13-15-7-5-6-10-18(15)22-19)14-21(20)27(24,25)23-17-8-3-2-4-9-17/h5-7,10-14,17,22-23H,2-4,8-9H2,1H3. The van der Waals surface area contributed by atoms with Crippen LogP contribution in [0, 0.1) is 0 Å². The molecule has 6 heteroatoms. The quantitative estimate of drug-likeness (QED) is 0.682. The van der Waals surface area contributed by atoms with E-state index in [1.165, 1.54) is 13.5 Å². The zero-order valence-corrected chi connectivity index (χ0v) is 16.2. The van der Waals surface area contributed by atoms with E-state index in [0.29, 0.717) is 5.75 Å². The lowest BCUT2D eigenvalue weighted by atomic mass is 9.96. The number of rotatable bonds is 5. The van der Waals surface area contributed by atoms with Gasteiger partial charge in [-0.25, -0.2) is 13.1 Å². The van der Waals surface area contributed by atoms with Crippen LogP contribution in [0.3, 0.4) is 0 Å². The molecule has 0 spiro atoms. The van der Waals surface area contributed by atoms with Crippen LogP contribution in [0.15, 0.2) is 53.4 Å². The summed E-state index contributed by atoms with van der Waals surface area (Å²) >= 11 is 0. The van der Waals surface area contributed by atoms with Crippen LogP contribution in [-0.2, 0) is 10.0 Å². The normalized spacial score (nSPS) is 15.9. The zero-order valence-electron chi connectivity index (χ0n) is 15.4. The minimum Gasteiger partial charge on any atom is -0.495 e.